The average molecular weight is 344 g/mol. The highest BCUT2D eigenvalue weighted by molar-refractivity contribution is 5.77. The Morgan fingerprint density at radius 2 is 2.12 bits per heavy atom. The van der Waals surface area contributed by atoms with Crippen LogP contribution in [0.4, 0.5) is 0 Å². The Balaban J connectivity index is 1.24. The van der Waals surface area contributed by atoms with Crippen LogP contribution in [0, 0.1) is 0 Å². The second-order valence-corrected chi connectivity index (χ2v) is 7.70. The minimum atomic E-state index is -0.0567. The molecule has 4 rings (SSSR count). The number of hydrogen-bond acceptors (Lipinski definition) is 4. The lowest BCUT2D eigenvalue weighted by Crippen LogP contribution is -2.63. The van der Waals surface area contributed by atoms with Gasteiger partial charge < -0.3 is 14.4 Å². The van der Waals surface area contributed by atoms with Crippen molar-refractivity contribution in [2.75, 3.05) is 39.9 Å². The molecular weight excluding hydrogens is 316 g/mol. The summed E-state index contributed by atoms with van der Waals surface area (Å²) < 4.78 is 11.4. The lowest BCUT2D eigenvalue weighted by Gasteiger charge is -2.47. The quantitative estimate of drug-likeness (QED) is 0.820. The van der Waals surface area contributed by atoms with E-state index >= 15 is 0 Å². The average Bonchev–Trinajstić information content (AvgIpc) is 3.27. The number of methoxy groups -OCH3 is 1. The zero-order chi connectivity index (χ0) is 17.3. The molecule has 25 heavy (non-hydrogen) atoms. The van der Waals surface area contributed by atoms with Gasteiger partial charge in [-0.15, -0.1) is 0 Å². The Bertz CT molecular complexity index is 621. The van der Waals surface area contributed by atoms with Gasteiger partial charge in [0.05, 0.1) is 26.8 Å². The zero-order valence-corrected chi connectivity index (χ0v) is 15.1. The molecule has 0 aromatic heterocycles. The Hall–Kier alpha value is -1.59. The predicted molar refractivity (Wildman–Crippen MR) is 95.8 cm³/mol. The van der Waals surface area contributed by atoms with Gasteiger partial charge in [0.2, 0.25) is 5.91 Å². The van der Waals surface area contributed by atoms with E-state index in [0.717, 1.165) is 43.9 Å². The molecule has 0 saturated carbocycles. The maximum Gasteiger partial charge on any atom is 0.223 e. The summed E-state index contributed by atoms with van der Waals surface area (Å²) in [6.07, 6.45) is 5.04. The van der Waals surface area contributed by atoms with Gasteiger partial charge in [-0.25, -0.2) is 0 Å². The fourth-order valence-corrected chi connectivity index (χ4v) is 4.44. The molecule has 0 radical (unpaired) electrons. The molecule has 3 aliphatic heterocycles. The topological polar surface area (TPSA) is 42.0 Å². The summed E-state index contributed by atoms with van der Waals surface area (Å²) in [4.78, 5) is 17.0. The van der Waals surface area contributed by atoms with Crippen molar-refractivity contribution in [1.82, 2.24) is 9.80 Å². The summed E-state index contributed by atoms with van der Waals surface area (Å²) >= 11 is 0. The van der Waals surface area contributed by atoms with Gasteiger partial charge in [-0.3, -0.25) is 9.69 Å². The minimum Gasteiger partial charge on any atom is -0.497 e. The van der Waals surface area contributed by atoms with Crippen LogP contribution in [0.1, 0.15) is 31.2 Å². The Morgan fingerprint density at radius 3 is 2.88 bits per heavy atom. The molecule has 3 aliphatic rings. The van der Waals surface area contributed by atoms with Crippen molar-refractivity contribution >= 4 is 5.91 Å². The fourth-order valence-electron chi connectivity index (χ4n) is 4.44. The van der Waals surface area contributed by atoms with Crippen LogP contribution in [0.5, 0.6) is 5.75 Å². The summed E-state index contributed by atoms with van der Waals surface area (Å²) in [6.45, 7) is 4.81. The van der Waals surface area contributed by atoms with Crippen LogP contribution in [0.15, 0.2) is 24.3 Å². The van der Waals surface area contributed by atoms with E-state index in [1.807, 2.05) is 29.2 Å². The number of carbonyl (C=O) groups is 1. The van der Waals surface area contributed by atoms with Gasteiger partial charge in [-0.2, -0.15) is 0 Å². The van der Waals surface area contributed by atoms with Crippen LogP contribution in [-0.4, -0.2) is 67.2 Å². The third-order valence-corrected chi connectivity index (χ3v) is 5.92. The first kappa shape index (κ1) is 16.9. The lowest BCUT2D eigenvalue weighted by molar-refractivity contribution is -0.157. The number of aryl methyl sites for hydroxylation is 1. The van der Waals surface area contributed by atoms with E-state index in [0.29, 0.717) is 12.5 Å². The number of likely N-dealkylation sites (tertiary alicyclic amines) is 2. The van der Waals surface area contributed by atoms with Crippen molar-refractivity contribution in [3.05, 3.63) is 29.8 Å². The molecular formula is C20H28N2O3. The van der Waals surface area contributed by atoms with E-state index < -0.39 is 0 Å². The summed E-state index contributed by atoms with van der Waals surface area (Å²) in [5.74, 6) is 1.09. The van der Waals surface area contributed by atoms with E-state index in [-0.39, 0.29) is 11.5 Å². The van der Waals surface area contributed by atoms with Crippen molar-refractivity contribution in [2.24, 2.45) is 0 Å². The van der Waals surface area contributed by atoms with E-state index in [4.69, 9.17) is 9.47 Å². The van der Waals surface area contributed by atoms with Crippen molar-refractivity contribution in [1.29, 1.82) is 0 Å². The third-order valence-electron chi connectivity index (χ3n) is 5.92. The molecule has 1 atom stereocenters. The number of rotatable bonds is 5. The van der Waals surface area contributed by atoms with Crippen LogP contribution in [0.2, 0.25) is 0 Å². The largest absolute Gasteiger partial charge is 0.497 e. The van der Waals surface area contributed by atoms with Gasteiger partial charge in [-0.05, 0) is 56.5 Å². The minimum absolute atomic E-state index is 0.0567. The van der Waals surface area contributed by atoms with Crippen LogP contribution in [0.3, 0.4) is 0 Å². The number of amides is 1. The first-order chi connectivity index (χ1) is 12.2. The number of benzene rings is 1. The molecule has 0 aliphatic carbocycles. The van der Waals surface area contributed by atoms with E-state index in [9.17, 15) is 4.79 Å². The summed E-state index contributed by atoms with van der Waals surface area (Å²) in [6, 6.07) is 8.53. The summed E-state index contributed by atoms with van der Waals surface area (Å²) in [5, 5.41) is 0. The molecule has 3 heterocycles. The number of hydrogen-bond donors (Lipinski definition) is 0. The highest BCUT2D eigenvalue weighted by Gasteiger charge is 2.52. The van der Waals surface area contributed by atoms with Gasteiger partial charge in [0.25, 0.3) is 0 Å². The molecule has 3 fully saturated rings. The monoisotopic (exact) mass is 344 g/mol. The smallest absolute Gasteiger partial charge is 0.223 e. The molecule has 1 amide bonds. The maximum absolute atomic E-state index is 12.5. The third kappa shape index (κ3) is 3.53. The van der Waals surface area contributed by atoms with Crippen LogP contribution >= 0.6 is 0 Å². The van der Waals surface area contributed by atoms with E-state index in [2.05, 4.69) is 4.90 Å². The van der Waals surface area contributed by atoms with Gasteiger partial charge >= 0.3 is 0 Å². The van der Waals surface area contributed by atoms with Crippen LogP contribution in [0.25, 0.3) is 0 Å². The van der Waals surface area contributed by atoms with Crippen LogP contribution < -0.4 is 4.74 Å². The second kappa shape index (κ2) is 6.96. The molecule has 0 bridgehead atoms. The molecule has 1 aromatic carbocycles. The molecule has 3 saturated heterocycles. The molecule has 5 nitrogen and oxygen atoms in total. The van der Waals surface area contributed by atoms with E-state index in [1.165, 1.54) is 25.9 Å². The zero-order valence-electron chi connectivity index (χ0n) is 15.1. The number of ether oxygens (including phenoxy) is 2. The molecule has 136 valence electrons. The standard InChI is InChI=1S/C20H28N2O3/c1-24-18-6-4-5-16(11-18)7-8-19(23)22-14-20(15-22)12-17(13-25-20)21-9-2-3-10-21/h4-6,11,17H,2-3,7-10,12-15H2,1H3. The predicted octanol–water partition coefficient (Wildman–Crippen LogP) is 2.09. The molecule has 5 heteroatoms. The highest BCUT2D eigenvalue weighted by Crippen LogP contribution is 2.38. The maximum atomic E-state index is 12.5. The highest BCUT2D eigenvalue weighted by atomic mass is 16.5. The fraction of sp³-hybridized carbons (Fsp3) is 0.650. The number of nitrogens with zero attached hydrogens (tertiary/aromatic N) is 2. The summed E-state index contributed by atoms with van der Waals surface area (Å²) in [7, 11) is 1.67. The van der Waals surface area contributed by atoms with E-state index in [1.54, 1.807) is 7.11 Å². The van der Waals surface area contributed by atoms with Crippen molar-refractivity contribution < 1.29 is 14.3 Å². The van der Waals surface area contributed by atoms with Crippen molar-refractivity contribution in [3.63, 3.8) is 0 Å². The first-order valence-corrected chi connectivity index (χ1v) is 9.46. The Kier molecular flexibility index (Phi) is 4.69. The van der Waals surface area contributed by atoms with Crippen molar-refractivity contribution in [2.45, 2.75) is 43.7 Å². The molecule has 1 spiro atoms. The molecule has 1 unspecified atom stereocenters. The molecule has 0 N–H and O–H groups in total. The molecule has 1 aromatic rings. The normalized spacial score (nSPS) is 25.3. The van der Waals surface area contributed by atoms with Crippen molar-refractivity contribution in [3.8, 4) is 5.75 Å². The summed E-state index contributed by atoms with van der Waals surface area (Å²) in [5.41, 5.74) is 1.09. The van der Waals surface area contributed by atoms with Gasteiger partial charge in [0, 0.05) is 12.5 Å². The SMILES string of the molecule is COc1cccc(CCC(=O)N2CC3(CC(N4CCCC4)CO3)C2)c1. The van der Waals surface area contributed by atoms with Gasteiger partial charge in [-0.1, -0.05) is 12.1 Å². The second-order valence-electron chi connectivity index (χ2n) is 7.70. The first-order valence-electron chi connectivity index (χ1n) is 9.46. The van der Waals surface area contributed by atoms with Crippen LogP contribution in [-0.2, 0) is 16.0 Å². The Morgan fingerprint density at radius 1 is 1.32 bits per heavy atom. The Labute approximate surface area is 149 Å². The lowest BCUT2D eigenvalue weighted by atomic mass is 9.88. The van der Waals surface area contributed by atoms with Gasteiger partial charge in [0.1, 0.15) is 11.4 Å². The number of carbonyl (C=O) groups excluding carboxylic acids is 1. The van der Waals surface area contributed by atoms with Gasteiger partial charge in [0.15, 0.2) is 0 Å².